The molecule has 3 heterocycles. The Labute approximate surface area is 204 Å². The van der Waals surface area contributed by atoms with E-state index in [0.717, 1.165) is 24.0 Å². The van der Waals surface area contributed by atoms with Gasteiger partial charge in [-0.15, -0.1) is 0 Å². The maximum atomic E-state index is 12.5. The molecule has 0 saturated heterocycles. The van der Waals surface area contributed by atoms with E-state index in [1.807, 2.05) is 39.8 Å². The second-order valence-electron chi connectivity index (χ2n) is 9.41. The summed E-state index contributed by atoms with van der Waals surface area (Å²) in [5.74, 6) is 1.02. The van der Waals surface area contributed by atoms with Gasteiger partial charge in [0.1, 0.15) is 17.2 Å². The van der Waals surface area contributed by atoms with Crippen LogP contribution in [0.25, 0.3) is 22.8 Å². The predicted octanol–water partition coefficient (Wildman–Crippen LogP) is 4.79. The number of nitrogens with zero attached hydrogens (tertiary/aromatic N) is 5. The summed E-state index contributed by atoms with van der Waals surface area (Å²) in [6.07, 6.45) is 3.56. The zero-order valence-electron chi connectivity index (χ0n) is 20.5. The Kier molecular flexibility index (Phi) is 7.01. The quantitative estimate of drug-likeness (QED) is 0.517. The van der Waals surface area contributed by atoms with Gasteiger partial charge >= 0.3 is 6.09 Å². The van der Waals surface area contributed by atoms with Gasteiger partial charge in [0.15, 0.2) is 0 Å². The van der Waals surface area contributed by atoms with Crippen molar-refractivity contribution in [3.8, 4) is 34.8 Å². The van der Waals surface area contributed by atoms with Crippen LogP contribution in [-0.4, -0.2) is 51.4 Å². The number of carbonyl (C=O) groups excluding carboxylic acids is 1. The summed E-state index contributed by atoms with van der Waals surface area (Å²) in [6.45, 7) is 9.27. The molecule has 0 unspecified atom stereocenters. The van der Waals surface area contributed by atoms with Crippen molar-refractivity contribution in [2.24, 2.45) is 0 Å². The van der Waals surface area contributed by atoms with Crippen LogP contribution in [0.4, 0.5) is 4.79 Å². The average molecular weight is 476 g/mol. The molecule has 4 rings (SSSR count). The van der Waals surface area contributed by atoms with Gasteiger partial charge in [0.2, 0.25) is 11.7 Å². The average Bonchev–Trinajstić information content (AvgIpc) is 3.22. The SMILES string of the molecule is CCCOc1ncc(-c2nc(-c3ccc4c(c3)CCN(C(=O)OC(C)(C)C)CC4)no2)cc1C#N. The Morgan fingerprint density at radius 1 is 1.17 bits per heavy atom. The number of amides is 1. The highest BCUT2D eigenvalue weighted by Crippen LogP contribution is 2.28. The maximum absolute atomic E-state index is 12.5. The fourth-order valence-electron chi connectivity index (χ4n) is 3.79. The molecule has 0 radical (unpaired) electrons. The zero-order chi connectivity index (χ0) is 25.0. The molecule has 1 aromatic carbocycles. The number of nitriles is 1. The van der Waals surface area contributed by atoms with Crippen LogP contribution in [0.2, 0.25) is 0 Å². The molecule has 182 valence electrons. The van der Waals surface area contributed by atoms with Gasteiger partial charge in [-0.2, -0.15) is 10.2 Å². The standard InChI is InChI=1S/C26H29N5O4/c1-5-12-33-23-20(15-27)14-21(16-28-23)24-29-22(30-35-24)19-7-6-17-8-10-31(11-9-18(17)13-19)25(32)34-26(2,3)4/h6-7,13-14,16H,5,8-12H2,1-4H3. The van der Waals surface area contributed by atoms with Gasteiger partial charge in [0, 0.05) is 24.8 Å². The topological polar surface area (TPSA) is 114 Å². The van der Waals surface area contributed by atoms with Crippen molar-refractivity contribution >= 4 is 6.09 Å². The van der Waals surface area contributed by atoms with Gasteiger partial charge in [0.25, 0.3) is 5.89 Å². The minimum absolute atomic E-state index is 0.275. The number of benzene rings is 1. The van der Waals surface area contributed by atoms with Crippen LogP contribution < -0.4 is 4.74 Å². The number of aromatic nitrogens is 3. The molecule has 9 nitrogen and oxygen atoms in total. The Bertz CT molecular complexity index is 1260. The smallest absolute Gasteiger partial charge is 0.410 e. The van der Waals surface area contributed by atoms with E-state index in [1.165, 1.54) is 5.56 Å². The van der Waals surface area contributed by atoms with Crippen molar-refractivity contribution in [2.75, 3.05) is 19.7 Å². The molecule has 3 aromatic rings. The summed E-state index contributed by atoms with van der Waals surface area (Å²) in [5, 5.41) is 13.6. The van der Waals surface area contributed by atoms with Crippen LogP contribution in [0.15, 0.2) is 35.0 Å². The Hall–Kier alpha value is -3.93. The number of ether oxygens (including phenoxy) is 2. The Morgan fingerprint density at radius 2 is 1.94 bits per heavy atom. The predicted molar refractivity (Wildman–Crippen MR) is 129 cm³/mol. The van der Waals surface area contributed by atoms with Gasteiger partial charge < -0.3 is 18.9 Å². The van der Waals surface area contributed by atoms with E-state index >= 15 is 0 Å². The minimum Gasteiger partial charge on any atom is -0.477 e. The van der Waals surface area contributed by atoms with E-state index in [1.54, 1.807) is 17.2 Å². The lowest BCUT2D eigenvalue weighted by Crippen LogP contribution is -2.38. The van der Waals surface area contributed by atoms with Crippen LogP contribution >= 0.6 is 0 Å². The van der Waals surface area contributed by atoms with Crippen molar-refractivity contribution in [1.29, 1.82) is 5.26 Å². The van der Waals surface area contributed by atoms with E-state index in [9.17, 15) is 10.1 Å². The summed E-state index contributed by atoms with van der Waals surface area (Å²) >= 11 is 0. The lowest BCUT2D eigenvalue weighted by molar-refractivity contribution is 0.0258. The van der Waals surface area contributed by atoms with Crippen LogP contribution in [0.3, 0.4) is 0 Å². The summed E-state index contributed by atoms with van der Waals surface area (Å²) < 4.78 is 16.5. The zero-order valence-corrected chi connectivity index (χ0v) is 20.5. The number of hydrogen-bond donors (Lipinski definition) is 0. The minimum atomic E-state index is -0.522. The normalized spacial score (nSPS) is 13.5. The second-order valence-corrected chi connectivity index (χ2v) is 9.41. The third-order valence-electron chi connectivity index (χ3n) is 5.51. The second kappa shape index (κ2) is 10.1. The van der Waals surface area contributed by atoms with Gasteiger partial charge in [-0.3, -0.25) is 0 Å². The summed E-state index contributed by atoms with van der Waals surface area (Å²) in [5.41, 5.74) is 3.49. The van der Waals surface area contributed by atoms with Crippen LogP contribution in [0.5, 0.6) is 5.88 Å². The van der Waals surface area contributed by atoms with E-state index in [0.29, 0.717) is 48.9 Å². The Balaban J connectivity index is 1.51. The molecule has 1 aliphatic heterocycles. The molecule has 0 aliphatic carbocycles. The molecule has 0 saturated carbocycles. The molecule has 0 bridgehead atoms. The molecule has 0 spiro atoms. The lowest BCUT2D eigenvalue weighted by Gasteiger charge is -2.26. The molecule has 35 heavy (non-hydrogen) atoms. The first kappa shape index (κ1) is 24.2. The van der Waals surface area contributed by atoms with Crippen LogP contribution in [0.1, 0.15) is 50.8 Å². The summed E-state index contributed by atoms with van der Waals surface area (Å²) in [6, 6.07) is 9.79. The first-order valence-electron chi connectivity index (χ1n) is 11.7. The third kappa shape index (κ3) is 5.77. The van der Waals surface area contributed by atoms with Crippen LogP contribution in [-0.2, 0) is 17.6 Å². The van der Waals surface area contributed by atoms with Gasteiger partial charge in [0.05, 0.1) is 12.2 Å². The number of fused-ring (bicyclic) bond motifs is 1. The molecule has 9 heteroatoms. The first-order chi connectivity index (χ1) is 16.8. The highest BCUT2D eigenvalue weighted by Gasteiger charge is 2.24. The largest absolute Gasteiger partial charge is 0.477 e. The maximum Gasteiger partial charge on any atom is 0.410 e. The molecular formula is C26H29N5O4. The van der Waals surface area contributed by atoms with E-state index < -0.39 is 5.60 Å². The lowest BCUT2D eigenvalue weighted by atomic mass is 10.00. The fraction of sp³-hybridized carbons (Fsp3) is 0.423. The highest BCUT2D eigenvalue weighted by molar-refractivity contribution is 5.68. The summed E-state index contributed by atoms with van der Waals surface area (Å²) in [4.78, 5) is 23.0. The van der Waals surface area contributed by atoms with Crippen molar-refractivity contribution in [2.45, 2.75) is 52.6 Å². The van der Waals surface area contributed by atoms with Crippen molar-refractivity contribution in [1.82, 2.24) is 20.0 Å². The molecule has 0 atom stereocenters. The molecule has 1 aliphatic rings. The molecule has 2 aromatic heterocycles. The monoisotopic (exact) mass is 475 g/mol. The first-order valence-corrected chi connectivity index (χ1v) is 11.7. The van der Waals surface area contributed by atoms with E-state index in [4.69, 9.17) is 14.0 Å². The highest BCUT2D eigenvalue weighted by atomic mass is 16.6. The molecular weight excluding hydrogens is 446 g/mol. The van der Waals surface area contributed by atoms with Crippen molar-refractivity contribution < 1.29 is 18.8 Å². The van der Waals surface area contributed by atoms with E-state index in [-0.39, 0.29) is 12.0 Å². The summed E-state index contributed by atoms with van der Waals surface area (Å²) in [7, 11) is 0. The van der Waals surface area contributed by atoms with Crippen molar-refractivity contribution in [3.63, 3.8) is 0 Å². The fourth-order valence-corrected chi connectivity index (χ4v) is 3.79. The van der Waals surface area contributed by atoms with Crippen molar-refractivity contribution in [3.05, 3.63) is 47.2 Å². The third-order valence-corrected chi connectivity index (χ3v) is 5.51. The Morgan fingerprint density at radius 3 is 2.66 bits per heavy atom. The molecule has 1 amide bonds. The number of carbonyl (C=O) groups is 1. The number of pyridine rings is 1. The van der Waals surface area contributed by atoms with Gasteiger partial charge in [-0.1, -0.05) is 24.2 Å². The molecule has 0 N–H and O–H groups in total. The van der Waals surface area contributed by atoms with Gasteiger partial charge in [-0.25, -0.2) is 9.78 Å². The number of rotatable bonds is 5. The van der Waals surface area contributed by atoms with Crippen LogP contribution in [0, 0.1) is 11.3 Å². The number of hydrogen-bond acceptors (Lipinski definition) is 8. The molecule has 0 fully saturated rings. The van der Waals surface area contributed by atoms with E-state index in [2.05, 4.69) is 27.3 Å². The van der Waals surface area contributed by atoms with Gasteiger partial charge in [-0.05, 0) is 63.3 Å².